The molecule has 5 aliphatic heterocycles. The van der Waals surface area contributed by atoms with E-state index in [-0.39, 0.29) is 44.9 Å². The topological polar surface area (TPSA) is 0 Å². The van der Waals surface area contributed by atoms with Gasteiger partial charge in [0.15, 0.2) is 0 Å². The zero-order valence-electron chi connectivity index (χ0n) is 22.3. The largest absolute Gasteiger partial charge is 0.0622 e. The van der Waals surface area contributed by atoms with Crippen molar-refractivity contribution in [1.29, 1.82) is 0 Å². The molecule has 0 aromatic heterocycles. The summed E-state index contributed by atoms with van der Waals surface area (Å²) in [7, 11) is -0.880. The van der Waals surface area contributed by atoms with Gasteiger partial charge in [0.25, 0.3) is 0 Å². The molecular formula is C31H39P3. The van der Waals surface area contributed by atoms with E-state index in [9.17, 15) is 0 Å². The first-order valence-electron chi connectivity index (χ1n) is 12.7. The van der Waals surface area contributed by atoms with Crippen LogP contribution in [0.2, 0.25) is 0 Å². The van der Waals surface area contributed by atoms with E-state index in [4.69, 9.17) is 0 Å². The van der Waals surface area contributed by atoms with Crippen molar-refractivity contribution in [2.75, 3.05) is 0 Å². The molecule has 5 aliphatic rings. The molecule has 7 rings (SSSR count). The van der Waals surface area contributed by atoms with Gasteiger partial charge in [-0.05, 0) is 59.7 Å². The van der Waals surface area contributed by atoms with E-state index in [1.165, 1.54) is 11.1 Å². The SMILES string of the molecule is CC(C)(C)C12C=C(c3ccccc3)P3C4(C(C)(C)C)P1C=C(c1ccccc1)P2C34C(C)(C)C. The summed E-state index contributed by atoms with van der Waals surface area (Å²) < 4.78 is 0. The molecule has 6 unspecified atom stereocenters. The lowest BCUT2D eigenvalue weighted by atomic mass is 9.80. The van der Waals surface area contributed by atoms with Gasteiger partial charge in [-0.15, -0.1) is 0 Å². The molecule has 2 fully saturated rings. The van der Waals surface area contributed by atoms with Crippen LogP contribution in [-0.2, 0) is 0 Å². The average Bonchev–Trinajstić information content (AvgIpc) is 3.25. The molecule has 178 valence electrons. The summed E-state index contributed by atoms with van der Waals surface area (Å²) >= 11 is 0. The van der Waals surface area contributed by atoms with Gasteiger partial charge in [-0.3, -0.25) is 0 Å². The average molecular weight is 505 g/mol. The summed E-state index contributed by atoms with van der Waals surface area (Å²) in [5.74, 6) is 2.87. The third-order valence-electron chi connectivity index (χ3n) is 8.87. The second-order valence-electron chi connectivity index (χ2n) is 13.6. The van der Waals surface area contributed by atoms with E-state index < -0.39 is 0 Å². The van der Waals surface area contributed by atoms with Crippen LogP contribution < -0.4 is 0 Å². The minimum Gasteiger partial charge on any atom is -0.0622 e. The molecule has 2 aromatic rings. The highest BCUT2D eigenvalue weighted by atomic mass is 31.2. The zero-order valence-corrected chi connectivity index (χ0v) is 25.0. The van der Waals surface area contributed by atoms with Crippen LogP contribution in [-0.4, -0.2) is 14.7 Å². The van der Waals surface area contributed by atoms with Crippen molar-refractivity contribution in [3.63, 3.8) is 0 Å². The van der Waals surface area contributed by atoms with Gasteiger partial charge in [0.05, 0.1) is 0 Å². The van der Waals surface area contributed by atoms with Crippen molar-refractivity contribution >= 4 is 34.4 Å². The zero-order chi connectivity index (χ0) is 24.5. The van der Waals surface area contributed by atoms with Crippen LogP contribution >= 0.6 is 23.8 Å². The summed E-state index contributed by atoms with van der Waals surface area (Å²) in [6.07, 6.45) is 2.89. The van der Waals surface area contributed by atoms with Gasteiger partial charge in [-0.25, -0.2) is 0 Å². The Morgan fingerprint density at radius 2 is 1.00 bits per heavy atom. The van der Waals surface area contributed by atoms with Gasteiger partial charge < -0.3 is 0 Å². The van der Waals surface area contributed by atoms with Gasteiger partial charge >= 0.3 is 0 Å². The highest BCUT2D eigenvalue weighted by Crippen LogP contribution is 3.24. The van der Waals surface area contributed by atoms with Crippen molar-refractivity contribution in [3.8, 4) is 0 Å². The predicted molar refractivity (Wildman–Crippen MR) is 156 cm³/mol. The van der Waals surface area contributed by atoms with Crippen molar-refractivity contribution in [3.05, 3.63) is 83.7 Å². The second kappa shape index (κ2) is 6.74. The Morgan fingerprint density at radius 3 is 1.44 bits per heavy atom. The molecule has 0 saturated carbocycles. The summed E-state index contributed by atoms with van der Waals surface area (Å²) in [6, 6.07) is 22.9. The molecule has 0 aliphatic carbocycles. The number of benzene rings is 2. The minimum atomic E-state index is -0.342. The Balaban J connectivity index is 1.74. The first-order chi connectivity index (χ1) is 15.8. The van der Waals surface area contributed by atoms with Crippen LogP contribution in [0.5, 0.6) is 0 Å². The molecule has 3 heteroatoms. The maximum absolute atomic E-state index is 2.89. The van der Waals surface area contributed by atoms with E-state index in [1.54, 1.807) is 10.6 Å². The second-order valence-corrected chi connectivity index (χ2v) is 22.1. The van der Waals surface area contributed by atoms with Crippen LogP contribution in [0.25, 0.3) is 10.6 Å². The Bertz CT molecular complexity index is 1220. The predicted octanol–water partition coefficient (Wildman–Crippen LogP) is 10.8. The first kappa shape index (κ1) is 23.6. The van der Waals surface area contributed by atoms with Crippen molar-refractivity contribution in [2.45, 2.75) is 77.0 Å². The first-order valence-corrected chi connectivity index (χ1v) is 16.8. The molecule has 0 radical (unpaired) electrons. The van der Waals surface area contributed by atoms with Crippen molar-refractivity contribution < 1.29 is 0 Å². The number of rotatable bonds is 2. The van der Waals surface area contributed by atoms with E-state index in [0.717, 1.165) is 0 Å². The molecule has 2 saturated heterocycles. The van der Waals surface area contributed by atoms with Gasteiger partial charge in [0, 0.05) is 14.7 Å². The molecular weight excluding hydrogens is 465 g/mol. The Labute approximate surface area is 211 Å². The third kappa shape index (κ3) is 2.35. The number of hydrogen-bond donors (Lipinski definition) is 0. The number of hydrogen-bond acceptors (Lipinski definition) is 0. The summed E-state index contributed by atoms with van der Waals surface area (Å²) in [5, 5.41) is 3.47. The smallest absolute Gasteiger partial charge is 0.0434 e. The molecule has 6 atom stereocenters. The molecule has 0 nitrogen and oxygen atoms in total. The molecule has 5 heterocycles. The van der Waals surface area contributed by atoms with E-state index >= 15 is 0 Å². The van der Waals surface area contributed by atoms with E-state index in [1.807, 2.05) is 0 Å². The quantitative estimate of drug-likeness (QED) is 0.357. The standard InChI is InChI=1S/C31H39P3/c1-26(2,3)29-20-24(22-16-12-10-13-17-22)34-30(27(4,5)6)31(34,28(7,8)9)33(29)25(21-32(29)30)23-18-14-11-15-19-23/h10-21H,1-9H3. The van der Waals surface area contributed by atoms with Gasteiger partial charge in [-0.2, -0.15) is 0 Å². The summed E-state index contributed by atoms with van der Waals surface area (Å²) in [6.45, 7) is 23.2. The summed E-state index contributed by atoms with van der Waals surface area (Å²) in [4.78, 5) is 1.10. The summed E-state index contributed by atoms with van der Waals surface area (Å²) in [5.41, 5.74) is 3.78. The molecule has 0 N–H and O–H groups in total. The Morgan fingerprint density at radius 1 is 0.529 bits per heavy atom. The lowest BCUT2D eigenvalue weighted by Crippen LogP contribution is -2.40. The normalized spacial score (nSPS) is 38.0. The highest BCUT2D eigenvalue weighted by molar-refractivity contribution is 8.14. The molecule has 0 spiro atoms. The maximum Gasteiger partial charge on any atom is 0.0434 e. The Kier molecular flexibility index (Phi) is 4.68. The molecule has 6 bridgehead atoms. The molecule has 2 aromatic carbocycles. The monoisotopic (exact) mass is 504 g/mol. The Hall–Kier alpha value is -0.790. The lowest BCUT2D eigenvalue weighted by molar-refractivity contribution is 0.294. The fraction of sp³-hybridized carbons (Fsp3) is 0.484. The molecule has 34 heavy (non-hydrogen) atoms. The fourth-order valence-corrected chi connectivity index (χ4v) is 29.9. The van der Waals surface area contributed by atoms with E-state index in [2.05, 4.69) is 135 Å². The minimum absolute atomic E-state index is 0.225. The van der Waals surface area contributed by atoms with Crippen LogP contribution in [0.15, 0.2) is 72.6 Å². The van der Waals surface area contributed by atoms with Crippen LogP contribution in [0.3, 0.4) is 0 Å². The number of allylic oxidation sites excluding steroid dienone is 1. The van der Waals surface area contributed by atoms with Gasteiger partial charge in [-0.1, -0.05) is 137 Å². The maximum atomic E-state index is 2.89. The van der Waals surface area contributed by atoms with Crippen LogP contribution in [0, 0.1) is 16.2 Å². The van der Waals surface area contributed by atoms with Gasteiger partial charge in [0.1, 0.15) is 0 Å². The van der Waals surface area contributed by atoms with E-state index in [0.29, 0.717) is 9.79 Å². The van der Waals surface area contributed by atoms with Crippen molar-refractivity contribution in [1.82, 2.24) is 0 Å². The van der Waals surface area contributed by atoms with Crippen LogP contribution in [0.1, 0.15) is 73.4 Å². The van der Waals surface area contributed by atoms with Crippen molar-refractivity contribution in [2.24, 2.45) is 16.2 Å². The molecule has 0 amide bonds. The highest BCUT2D eigenvalue weighted by Gasteiger charge is 2.99. The van der Waals surface area contributed by atoms with Crippen LogP contribution in [0.4, 0.5) is 0 Å². The third-order valence-corrected chi connectivity index (χ3v) is 25.0. The lowest BCUT2D eigenvalue weighted by Gasteiger charge is -2.55. The fourth-order valence-electron chi connectivity index (χ4n) is 7.90. The van der Waals surface area contributed by atoms with Gasteiger partial charge in [0.2, 0.25) is 0 Å².